The number of rotatable bonds is 5. The maximum Gasteiger partial charge on any atom is 0.260 e. The molecule has 7 heteroatoms. The Labute approximate surface area is 105 Å². The highest BCUT2D eigenvalue weighted by Crippen LogP contribution is 1.95. The van der Waals surface area contributed by atoms with E-state index in [9.17, 15) is 13.2 Å². The predicted molar refractivity (Wildman–Crippen MR) is 70.9 cm³/mol. The van der Waals surface area contributed by atoms with Crippen molar-refractivity contribution in [2.24, 2.45) is 5.73 Å². The molecule has 0 radical (unpaired) electrons. The van der Waals surface area contributed by atoms with E-state index in [1.54, 1.807) is 13.0 Å². The van der Waals surface area contributed by atoms with Crippen LogP contribution in [0.2, 0.25) is 0 Å². The fraction of sp³-hybridized carbons (Fsp3) is 0.400. The van der Waals surface area contributed by atoms with E-state index < -0.39 is 9.84 Å². The van der Waals surface area contributed by atoms with Crippen LogP contribution in [0.25, 0.3) is 0 Å². The fourth-order valence-electron chi connectivity index (χ4n) is 1.28. The van der Waals surface area contributed by atoms with Gasteiger partial charge >= 0.3 is 0 Å². The minimum atomic E-state index is -3.09. The second kappa shape index (κ2) is 5.42. The molecule has 0 aliphatic heterocycles. The minimum absolute atomic E-state index is 0.0164. The van der Waals surface area contributed by atoms with Crippen molar-refractivity contribution in [1.82, 2.24) is 4.57 Å². The zero-order valence-corrected chi connectivity index (χ0v) is 11.1. The van der Waals surface area contributed by atoms with Crippen LogP contribution in [0.5, 0.6) is 0 Å². The van der Waals surface area contributed by atoms with Crippen molar-refractivity contribution in [1.29, 1.82) is 0 Å². The van der Waals surface area contributed by atoms with Gasteiger partial charge in [0.1, 0.15) is 4.99 Å². The molecule has 5 nitrogen and oxygen atoms in total. The van der Waals surface area contributed by atoms with Crippen LogP contribution in [-0.2, 0) is 16.4 Å². The molecular weight excluding hydrogens is 260 g/mol. The summed E-state index contributed by atoms with van der Waals surface area (Å²) < 4.78 is 24.0. The second-order valence-corrected chi connectivity index (χ2v) is 6.43. The molecule has 1 aromatic heterocycles. The molecule has 0 unspecified atom stereocenters. The van der Waals surface area contributed by atoms with Gasteiger partial charge in [0, 0.05) is 18.5 Å². The van der Waals surface area contributed by atoms with Gasteiger partial charge in [0.15, 0.2) is 9.84 Å². The van der Waals surface area contributed by atoms with E-state index in [0.29, 0.717) is 0 Å². The molecule has 2 N–H and O–H groups in total. The molecule has 0 bridgehead atoms. The van der Waals surface area contributed by atoms with Crippen LogP contribution >= 0.6 is 12.2 Å². The van der Waals surface area contributed by atoms with Gasteiger partial charge < -0.3 is 10.3 Å². The van der Waals surface area contributed by atoms with Gasteiger partial charge in [-0.15, -0.1) is 0 Å². The van der Waals surface area contributed by atoms with Crippen molar-refractivity contribution in [3.05, 3.63) is 34.2 Å². The number of nitrogens with zero attached hydrogens (tertiary/aromatic N) is 1. The fourth-order valence-corrected chi connectivity index (χ4v) is 2.20. The zero-order valence-electron chi connectivity index (χ0n) is 9.42. The molecule has 0 aliphatic carbocycles. The molecule has 1 rings (SSSR count). The standard InChI is InChI=1S/C10H14N2O3S2/c1-2-17(14,15)7-6-12-5-3-4-8(9(11)16)10(12)13/h3-5H,2,6-7H2,1H3,(H2,11,16). The van der Waals surface area contributed by atoms with Gasteiger partial charge in [-0.05, 0) is 12.1 Å². The Morgan fingerprint density at radius 2 is 2.18 bits per heavy atom. The highest BCUT2D eigenvalue weighted by molar-refractivity contribution is 7.91. The van der Waals surface area contributed by atoms with Crippen molar-refractivity contribution in [3.8, 4) is 0 Å². The van der Waals surface area contributed by atoms with E-state index in [0.717, 1.165) is 0 Å². The van der Waals surface area contributed by atoms with E-state index >= 15 is 0 Å². The molecule has 94 valence electrons. The van der Waals surface area contributed by atoms with Gasteiger partial charge in [0.25, 0.3) is 5.56 Å². The van der Waals surface area contributed by atoms with E-state index in [1.807, 2.05) is 0 Å². The Morgan fingerprint density at radius 1 is 1.53 bits per heavy atom. The maximum absolute atomic E-state index is 11.8. The Kier molecular flexibility index (Phi) is 4.41. The first-order chi connectivity index (χ1) is 7.87. The van der Waals surface area contributed by atoms with E-state index in [2.05, 4.69) is 0 Å². The van der Waals surface area contributed by atoms with Crippen LogP contribution in [0.3, 0.4) is 0 Å². The minimum Gasteiger partial charge on any atom is -0.389 e. The van der Waals surface area contributed by atoms with Crippen LogP contribution in [-0.4, -0.2) is 29.5 Å². The smallest absolute Gasteiger partial charge is 0.260 e. The summed E-state index contributed by atoms with van der Waals surface area (Å²) in [6.07, 6.45) is 1.52. The van der Waals surface area contributed by atoms with Crippen molar-refractivity contribution in [2.75, 3.05) is 11.5 Å². The third-order valence-electron chi connectivity index (χ3n) is 2.37. The lowest BCUT2D eigenvalue weighted by molar-refractivity contribution is 0.588. The van der Waals surface area contributed by atoms with Crippen LogP contribution in [0.1, 0.15) is 12.5 Å². The summed E-state index contributed by atoms with van der Waals surface area (Å²) in [4.78, 5) is 11.8. The lowest BCUT2D eigenvalue weighted by Crippen LogP contribution is -2.30. The first-order valence-corrected chi connectivity index (χ1v) is 7.30. The van der Waals surface area contributed by atoms with Gasteiger partial charge in [-0.2, -0.15) is 0 Å². The molecule has 1 aromatic rings. The number of aromatic nitrogens is 1. The van der Waals surface area contributed by atoms with Crippen LogP contribution in [0.15, 0.2) is 23.1 Å². The quantitative estimate of drug-likeness (QED) is 0.759. The molecule has 17 heavy (non-hydrogen) atoms. The van der Waals surface area contributed by atoms with Gasteiger partial charge in [-0.3, -0.25) is 4.79 Å². The van der Waals surface area contributed by atoms with Gasteiger partial charge in [0.2, 0.25) is 0 Å². The summed E-state index contributed by atoms with van der Waals surface area (Å²) in [6.45, 7) is 1.69. The van der Waals surface area contributed by atoms with Gasteiger partial charge in [0.05, 0.1) is 11.3 Å². The number of aryl methyl sites for hydroxylation is 1. The summed E-state index contributed by atoms with van der Waals surface area (Å²) >= 11 is 4.74. The number of nitrogens with two attached hydrogens (primary N) is 1. The van der Waals surface area contributed by atoms with Crippen molar-refractivity contribution in [3.63, 3.8) is 0 Å². The molecule has 1 heterocycles. The highest BCUT2D eigenvalue weighted by Gasteiger charge is 2.10. The van der Waals surface area contributed by atoms with E-state index in [-0.39, 0.29) is 34.2 Å². The maximum atomic E-state index is 11.8. The van der Waals surface area contributed by atoms with Crippen molar-refractivity contribution in [2.45, 2.75) is 13.5 Å². The first-order valence-electron chi connectivity index (χ1n) is 5.07. The lowest BCUT2D eigenvalue weighted by Gasteiger charge is -2.07. The average molecular weight is 274 g/mol. The number of hydrogen-bond acceptors (Lipinski definition) is 4. The number of hydrogen-bond donors (Lipinski definition) is 1. The molecular formula is C10H14N2O3S2. The SMILES string of the molecule is CCS(=O)(=O)CCn1cccc(C(N)=S)c1=O. The summed E-state index contributed by atoms with van der Waals surface area (Å²) in [5.74, 6) is 0.000928. The number of thiocarbonyl (C=S) groups is 1. The molecule has 0 aliphatic rings. The van der Waals surface area contributed by atoms with Crippen LogP contribution < -0.4 is 11.3 Å². The van der Waals surface area contributed by atoms with Crippen LogP contribution in [0.4, 0.5) is 0 Å². The zero-order chi connectivity index (χ0) is 13.1. The predicted octanol–water partition coefficient (Wildman–Crippen LogP) is -0.0828. The molecule has 0 saturated carbocycles. The van der Waals surface area contributed by atoms with Crippen molar-refractivity contribution < 1.29 is 8.42 Å². The third kappa shape index (κ3) is 3.64. The third-order valence-corrected chi connectivity index (χ3v) is 4.27. The topological polar surface area (TPSA) is 82.2 Å². The van der Waals surface area contributed by atoms with Crippen molar-refractivity contribution >= 4 is 27.0 Å². The number of pyridine rings is 1. The highest BCUT2D eigenvalue weighted by atomic mass is 32.2. The Hall–Kier alpha value is -1.21. The summed E-state index contributed by atoms with van der Waals surface area (Å²) in [6, 6.07) is 3.14. The molecule has 0 spiro atoms. The Morgan fingerprint density at radius 3 is 2.71 bits per heavy atom. The van der Waals surface area contributed by atoms with Gasteiger partial charge in [-0.25, -0.2) is 8.42 Å². The number of sulfone groups is 1. The largest absolute Gasteiger partial charge is 0.389 e. The molecule has 0 fully saturated rings. The molecule has 0 saturated heterocycles. The monoisotopic (exact) mass is 274 g/mol. The summed E-state index contributed by atoms with van der Waals surface area (Å²) in [5.41, 5.74) is 5.27. The first kappa shape index (κ1) is 13.9. The van der Waals surface area contributed by atoms with Crippen LogP contribution in [0, 0.1) is 0 Å². The second-order valence-electron chi connectivity index (χ2n) is 3.52. The lowest BCUT2D eigenvalue weighted by atomic mass is 10.3. The molecule has 0 atom stereocenters. The summed E-state index contributed by atoms with van der Waals surface area (Å²) in [5, 5.41) is 0. The van der Waals surface area contributed by atoms with E-state index in [1.165, 1.54) is 16.8 Å². The molecule has 0 aromatic carbocycles. The average Bonchev–Trinajstić information content (AvgIpc) is 2.27. The normalized spacial score (nSPS) is 11.4. The molecule has 0 amide bonds. The van der Waals surface area contributed by atoms with E-state index in [4.69, 9.17) is 18.0 Å². The van der Waals surface area contributed by atoms with Gasteiger partial charge in [-0.1, -0.05) is 19.1 Å². The Bertz CT molecular complexity index is 575. The summed E-state index contributed by atoms with van der Waals surface area (Å²) in [7, 11) is -3.09. The Balaban J connectivity index is 2.98.